The van der Waals surface area contributed by atoms with Gasteiger partial charge in [0.2, 0.25) is 0 Å². The smallest absolute Gasteiger partial charge is 0.157 e. The molecule has 4 heteroatoms. The normalized spacial score (nSPS) is 12.0. The summed E-state index contributed by atoms with van der Waals surface area (Å²) in [5.41, 5.74) is 2.15. The number of aryl methyl sites for hydroxylation is 1. The minimum absolute atomic E-state index is 0.0709. The van der Waals surface area contributed by atoms with Crippen LogP contribution in [0.1, 0.15) is 39.2 Å². The molecule has 0 fully saturated rings. The zero-order valence-electron chi connectivity index (χ0n) is 11.0. The molecule has 17 heavy (non-hydrogen) atoms. The SMILES string of the molecule is CCCC(C)(C)Nc1cc(C)cc2ncnn12. The Morgan fingerprint density at radius 1 is 1.35 bits per heavy atom. The number of hydrogen-bond acceptors (Lipinski definition) is 3. The van der Waals surface area contributed by atoms with Gasteiger partial charge in [-0.05, 0) is 44.9 Å². The van der Waals surface area contributed by atoms with Gasteiger partial charge in [0, 0.05) is 5.54 Å². The van der Waals surface area contributed by atoms with Crippen LogP contribution in [-0.2, 0) is 0 Å². The number of nitrogens with zero attached hydrogens (tertiary/aromatic N) is 3. The van der Waals surface area contributed by atoms with E-state index in [0.29, 0.717) is 0 Å². The van der Waals surface area contributed by atoms with Gasteiger partial charge in [-0.15, -0.1) is 0 Å². The first-order valence-corrected chi connectivity index (χ1v) is 6.10. The molecule has 2 aromatic rings. The Hall–Kier alpha value is -1.58. The van der Waals surface area contributed by atoms with E-state index in [9.17, 15) is 0 Å². The summed E-state index contributed by atoms with van der Waals surface area (Å²) in [6.45, 7) is 8.70. The summed E-state index contributed by atoms with van der Waals surface area (Å²) < 4.78 is 1.85. The molecule has 0 saturated carbocycles. The molecule has 0 unspecified atom stereocenters. The Balaban J connectivity index is 2.37. The standard InChI is InChI=1S/C13H20N4/c1-5-6-13(3,4)16-12-8-10(2)7-11-14-9-15-17(11)12/h7-9,16H,5-6H2,1-4H3. The fraction of sp³-hybridized carbons (Fsp3) is 0.538. The second-order valence-corrected chi connectivity index (χ2v) is 5.21. The average molecular weight is 232 g/mol. The predicted molar refractivity (Wildman–Crippen MR) is 70.3 cm³/mol. The predicted octanol–water partition coefficient (Wildman–Crippen LogP) is 3.03. The molecule has 92 valence electrons. The van der Waals surface area contributed by atoms with Crippen molar-refractivity contribution in [3.63, 3.8) is 0 Å². The highest BCUT2D eigenvalue weighted by atomic mass is 15.3. The second-order valence-electron chi connectivity index (χ2n) is 5.21. The number of hydrogen-bond donors (Lipinski definition) is 1. The lowest BCUT2D eigenvalue weighted by Gasteiger charge is -2.27. The molecule has 2 rings (SSSR count). The number of fused-ring (bicyclic) bond motifs is 1. The zero-order chi connectivity index (χ0) is 12.5. The molecule has 0 aromatic carbocycles. The third kappa shape index (κ3) is 2.57. The van der Waals surface area contributed by atoms with E-state index in [-0.39, 0.29) is 5.54 Å². The van der Waals surface area contributed by atoms with E-state index in [2.05, 4.69) is 49.2 Å². The van der Waals surface area contributed by atoms with E-state index < -0.39 is 0 Å². The first-order chi connectivity index (χ1) is 8.02. The minimum Gasteiger partial charge on any atom is -0.365 e. The maximum atomic E-state index is 4.25. The van der Waals surface area contributed by atoms with Gasteiger partial charge < -0.3 is 5.32 Å². The van der Waals surface area contributed by atoms with Gasteiger partial charge in [-0.1, -0.05) is 13.3 Å². The summed E-state index contributed by atoms with van der Waals surface area (Å²) in [6.07, 6.45) is 3.87. The maximum Gasteiger partial charge on any atom is 0.157 e. The average Bonchev–Trinajstić information content (AvgIpc) is 2.64. The monoisotopic (exact) mass is 232 g/mol. The van der Waals surface area contributed by atoms with Crippen molar-refractivity contribution < 1.29 is 0 Å². The molecular weight excluding hydrogens is 212 g/mol. The third-order valence-electron chi connectivity index (χ3n) is 2.86. The van der Waals surface area contributed by atoms with Crippen LogP contribution in [0.4, 0.5) is 5.82 Å². The Bertz CT molecular complexity index is 513. The van der Waals surface area contributed by atoms with Crippen molar-refractivity contribution in [2.45, 2.75) is 46.1 Å². The molecule has 0 saturated heterocycles. The van der Waals surface area contributed by atoms with Gasteiger partial charge in [0.25, 0.3) is 0 Å². The summed E-state index contributed by atoms with van der Waals surface area (Å²) in [5.74, 6) is 1.01. The van der Waals surface area contributed by atoms with Crippen LogP contribution >= 0.6 is 0 Å². The van der Waals surface area contributed by atoms with E-state index in [1.165, 1.54) is 5.56 Å². The van der Waals surface area contributed by atoms with Gasteiger partial charge in [0.05, 0.1) is 0 Å². The summed E-state index contributed by atoms with van der Waals surface area (Å²) in [5, 5.41) is 7.80. The molecule has 0 spiro atoms. The van der Waals surface area contributed by atoms with Crippen molar-refractivity contribution in [3.05, 3.63) is 24.0 Å². The van der Waals surface area contributed by atoms with Crippen molar-refractivity contribution in [1.29, 1.82) is 0 Å². The Morgan fingerprint density at radius 2 is 2.12 bits per heavy atom. The fourth-order valence-corrected chi connectivity index (χ4v) is 2.18. The molecule has 4 nitrogen and oxygen atoms in total. The van der Waals surface area contributed by atoms with Crippen LogP contribution in [0.15, 0.2) is 18.5 Å². The van der Waals surface area contributed by atoms with E-state index >= 15 is 0 Å². The van der Waals surface area contributed by atoms with Crippen LogP contribution < -0.4 is 5.32 Å². The number of aromatic nitrogens is 3. The van der Waals surface area contributed by atoms with Crippen LogP contribution in [0, 0.1) is 6.92 Å². The topological polar surface area (TPSA) is 42.2 Å². The second kappa shape index (κ2) is 4.35. The van der Waals surface area contributed by atoms with E-state index in [1.54, 1.807) is 6.33 Å². The molecule has 0 atom stereocenters. The molecule has 0 aliphatic rings. The quantitative estimate of drug-likeness (QED) is 0.881. The number of pyridine rings is 1. The van der Waals surface area contributed by atoms with Crippen LogP contribution in [0.5, 0.6) is 0 Å². The molecule has 0 aliphatic carbocycles. The highest BCUT2D eigenvalue weighted by Crippen LogP contribution is 2.21. The van der Waals surface area contributed by atoms with Gasteiger partial charge in [-0.25, -0.2) is 4.98 Å². The lowest BCUT2D eigenvalue weighted by atomic mass is 9.99. The minimum atomic E-state index is 0.0709. The zero-order valence-corrected chi connectivity index (χ0v) is 11.0. The van der Waals surface area contributed by atoms with Gasteiger partial charge in [-0.2, -0.15) is 9.61 Å². The fourth-order valence-electron chi connectivity index (χ4n) is 2.18. The number of nitrogens with one attached hydrogen (secondary N) is 1. The summed E-state index contributed by atoms with van der Waals surface area (Å²) in [6, 6.07) is 4.14. The maximum absolute atomic E-state index is 4.25. The van der Waals surface area contributed by atoms with Gasteiger partial charge in [-0.3, -0.25) is 0 Å². The summed E-state index contributed by atoms with van der Waals surface area (Å²) >= 11 is 0. The van der Waals surface area contributed by atoms with Crippen LogP contribution in [0.2, 0.25) is 0 Å². The Kier molecular flexibility index (Phi) is 3.05. The van der Waals surface area contributed by atoms with Crippen molar-refractivity contribution in [2.75, 3.05) is 5.32 Å². The van der Waals surface area contributed by atoms with Crippen molar-refractivity contribution in [2.24, 2.45) is 0 Å². The molecule has 1 N–H and O–H groups in total. The Morgan fingerprint density at radius 3 is 2.82 bits per heavy atom. The number of anilines is 1. The molecule has 0 bridgehead atoms. The highest BCUT2D eigenvalue weighted by molar-refractivity contribution is 5.52. The largest absolute Gasteiger partial charge is 0.365 e. The van der Waals surface area contributed by atoms with Crippen LogP contribution in [-0.4, -0.2) is 20.1 Å². The highest BCUT2D eigenvalue weighted by Gasteiger charge is 2.17. The number of rotatable bonds is 4. The molecule has 2 aromatic heterocycles. The first-order valence-electron chi connectivity index (χ1n) is 6.10. The summed E-state index contributed by atoms with van der Waals surface area (Å²) in [4.78, 5) is 4.23. The molecular formula is C13H20N4. The lowest BCUT2D eigenvalue weighted by molar-refractivity contribution is 0.507. The molecule has 0 amide bonds. The van der Waals surface area contributed by atoms with Gasteiger partial charge in [0.1, 0.15) is 12.1 Å². The van der Waals surface area contributed by atoms with Crippen molar-refractivity contribution in [3.8, 4) is 0 Å². The van der Waals surface area contributed by atoms with Crippen molar-refractivity contribution >= 4 is 11.5 Å². The van der Waals surface area contributed by atoms with Crippen LogP contribution in [0.3, 0.4) is 0 Å². The third-order valence-corrected chi connectivity index (χ3v) is 2.86. The van der Waals surface area contributed by atoms with E-state index in [1.807, 2.05) is 10.6 Å². The van der Waals surface area contributed by atoms with Gasteiger partial charge >= 0.3 is 0 Å². The molecule has 0 radical (unpaired) electrons. The van der Waals surface area contributed by atoms with E-state index in [0.717, 1.165) is 24.3 Å². The van der Waals surface area contributed by atoms with Crippen molar-refractivity contribution in [1.82, 2.24) is 14.6 Å². The van der Waals surface area contributed by atoms with Crippen LogP contribution in [0.25, 0.3) is 5.65 Å². The molecule has 0 aliphatic heterocycles. The van der Waals surface area contributed by atoms with E-state index in [4.69, 9.17) is 0 Å². The summed E-state index contributed by atoms with van der Waals surface area (Å²) in [7, 11) is 0. The lowest BCUT2D eigenvalue weighted by Crippen LogP contribution is -2.31. The van der Waals surface area contributed by atoms with Gasteiger partial charge in [0.15, 0.2) is 5.65 Å². The Labute approximate surface area is 102 Å². The first kappa shape index (κ1) is 11.9. The molecule has 2 heterocycles.